The second-order valence-electron chi connectivity index (χ2n) is 10.2. The summed E-state index contributed by atoms with van der Waals surface area (Å²) in [5, 5.41) is 10.6. The fourth-order valence-electron chi connectivity index (χ4n) is 4.31. The van der Waals surface area contributed by atoms with Crippen LogP contribution in [0.1, 0.15) is 78.0 Å². The highest BCUT2D eigenvalue weighted by molar-refractivity contribution is 9.10. The minimum absolute atomic E-state index is 0. The van der Waals surface area contributed by atoms with E-state index in [1.165, 1.54) is 5.56 Å². The molecule has 5 heteroatoms. The molecule has 3 nitrogen and oxygen atoms in total. The molecule has 0 radical (unpaired) electrons. The molecule has 0 aromatic heterocycles. The zero-order chi connectivity index (χ0) is 22.7. The van der Waals surface area contributed by atoms with Crippen LogP contribution in [-0.4, -0.2) is 18.3 Å². The highest BCUT2D eigenvalue weighted by Gasteiger charge is 2.41. The molecule has 4 rings (SSSR count). The molecule has 0 spiro atoms. The van der Waals surface area contributed by atoms with Crippen molar-refractivity contribution in [2.24, 2.45) is 10.8 Å². The molecule has 2 aromatic carbocycles. The van der Waals surface area contributed by atoms with Crippen molar-refractivity contribution in [3.8, 4) is 0 Å². The predicted octanol–water partition coefficient (Wildman–Crippen LogP) is 8.39. The zero-order valence-corrected chi connectivity index (χ0v) is 22.1. The molecular weight excluding hydrogens is 532 g/mol. The largest absolute Gasteiger partial charge is 0.373 e. The van der Waals surface area contributed by atoms with E-state index in [-0.39, 0.29) is 18.9 Å². The Kier molecular flexibility index (Phi) is 9.58. The Bertz CT molecular complexity index is 881. The Morgan fingerprint density at radius 3 is 2.03 bits per heavy atom. The Hall–Kier alpha value is -0.720. The van der Waals surface area contributed by atoms with Crippen LogP contribution in [0.3, 0.4) is 0 Å². The van der Waals surface area contributed by atoms with Gasteiger partial charge >= 0.3 is 0 Å². The van der Waals surface area contributed by atoms with Gasteiger partial charge in [-0.15, -0.1) is 0 Å². The van der Waals surface area contributed by atoms with Crippen molar-refractivity contribution in [3.05, 3.63) is 68.6 Å². The molecule has 0 amide bonds. The van der Waals surface area contributed by atoms with Gasteiger partial charge in [-0.3, -0.25) is 0 Å². The van der Waals surface area contributed by atoms with Gasteiger partial charge in [-0.25, -0.2) is 0 Å². The van der Waals surface area contributed by atoms with Gasteiger partial charge in [0.05, 0.1) is 12.7 Å². The van der Waals surface area contributed by atoms with Crippen molar-refractivity contribution < 1.29 is 14.6 Å². The van der Waals surface area contributed by atoms with E-state index in [1.807, 2.05) is 30.3 Å². The first-order chi connectivity index (χ1) is 14.5. The fourth-order valence-corrected chi connectivity index (χ4v) is 5.45. The van der Waals surface area contributed by atoms with E-state index in [0.717, 1.165) is 40.4 Å². The zero-order valence-electron chi connectivity index (χ0n) is 19.0. The van der Waals surface area contributed by atoms with Gasteiger partial charge in [-0.05, 0) is 47.8 Å². The van der Waals surface area contributed by atoms with Crippen LogP contribution in [0.4, 0.5) is 0 Å². The Morgan fingerprint density at radius 2 is 1.44 bits per heavy atom. The summed E-state index contributed by atoms with van der Waals surface area (Å²) < 4.78 is 13.5. The van der Waals surface area contributed by atoms with Crippen molar-refractivity contribution in [3.63, 3.8) is 0 Å². The van der Waals surface area contributed by atoms with Gasteiger partial charge in [0.1, 0.15) is 0 Å². The van der Waals surface area contributed by atoms with E-state index in [0.29, 0.717) is 18.4 Å². The van der Waals surface area contributed by atoms with Gasteiger partial charge in [0.2, 0.25) is 0 Å². The lowest BCUT2D eigenvalue weighted by molar-refractivity contribution is -0.257. The summed E-state index contributed by atoms with van der Waals surface area (Å²) in [6.45, 7) is 10.4. The highest BCUT2D eigenvalue weighted by Crippen LogP contribution is 2.44. The predicted molar refractivity (Wildman–Crippen MR) is 140 cm³/mol. The number of benzene rings is 2. The number of hydrogen-bond donors (Lipinski definition) is 1. The molecule has 2 saturated heterocycles. The van der Waals surface area contributed by atoms with Crippen molar-refractivity contribution in [1.29, 1.82) is 0 Å². The monoisotopic (exact) mass is 568 g/mol. The lowest BCUT2D eigenvalue weighted by Gasteiger charge is -2.41. The maximum atomic E-state index is 10.6. The van der Waals surface area contributed by atoms with Crippen LogP contribution in [0.15, 0.2) is 57.5 Å². The third-order valence-electron chi connectivity index (χ3n) is 6.22. The number of halogens is 2. The lowest BCUT2D eigenvalue weighted by Crippen LogP contribution is -2.41. The Morgan fingerprint density at radius 1 is 0.844 bits per heavy atom. The normalized spacial score (nSPS) is 26.3. The molecule has 178 valence electrons. The third kappa shape index (κ3) is 7.14. The quantitative estimate of drug-likeness (QED) is 0.394. The van der Waals surface area contributed by atoms with Crippen LogP contribution < -0.4 is 0 Å². The van der Waals surface area contributed by atoms with Crippen molar-refractivity contribution in [2.75, 3.05) is 13.2 Å². The maximum Gasteiger partial charge on any atom is 0.193 e. The van der Waals surface area contributed by atoms with Crippen LogP contribution in [0, 0.1) is 10.8 Å². The fraction of sp³-hybridized carbons (Fsp3) is 0.556. The summed E-state index contributed by atoms with van der Waals surface area (Å²) in [7, 11) is 0. The molecule has 2 aliphatic heterocycles. The van der Waals surface area contributed by atoms with Crippen LogP contribution in [-0.2, 0) is 15.3 Å². The van der Waals surface area contributed by atoms with E-state index in [2.05, 4.69) is 77.8 Å². The summed E-state index contributed by atoms with van der Waals surface area (Å²) in [5.41, 5.74) is 2.62. The SMILES string of the molecule is C.CC1(C)CCOC(O)(c2ccccc2Br)C1.CC1(C)CCOC(c2ccccc2Br)C1. The minimum Gasteiger partial charge on any atom is -0.373 e. The molecule has 32 heavy (non-hydrogen) atoms. The van der Waals surface area contributed by atoms with Gasteiger partial charge in [0.25, 0.3) is 0 Å². The van der Waals surface area contributed by atoms with Crippen molar-refractivity contribution >= 4 is 31.9 Å². The molecule has 2 aromatic rings. The van der Waals surface area contributed by atoms with Gasteiger partial charge in [0, 0.05) is 27.5 Å². The molecular formula is C27H38Br2O3. The van der Waals surface area contributed by atoms with E-state index in [1.54, 1.807) is 0 Å². The average Bonchev–Trinajstić information content (AvgIpc) is 2.67. The summed E-state index contributed by atoms with van der Waals surface area (Å²) >= 11 is 7.05. The molecule has 2 unspecified atom stereocenters. The molecule has 2 aliphatic rings. The Balaban J connectivity index is 0.000000220. The van der Waals surface area contributed by atoms with Gasteiger partial charge < -0.3 is 14.6 Å². The number of aliphatic hydroxyl groups is 1. The van der Waals surface area contributed by atoms with Crippen molar-refractivity contribution in [1.82, 2.24) is 0 Å². The van der Waals surface area contributed by atoms with Gasteiger partial charge in [0.15, 0.2) is 5.79 Å². The molecule has 0 saturated carbocycles. The summed E-state index contributed by atoms with van der Waals surface area (Å²) in [4.78, 5) is 0. The van der Waals surface area contributed by atoms with Crippen LogP contribution in [0.2, 0.25) is 0 Å². The summed E-state index contributed by atoms with van der Waals surface area (Å²) in [6, 6.07) is 16.0. The summed E-state index contributed by atoms with van der Waals surface area (Å²) in [5.74, 6) is -1.15. The number of hydrogen-bond acceptors (Lipinski definition) is 3. The lowest BCUT2D eigenvalue weighted by atomic mass is 9.78. The van der Waals surface area contributed by atoms with Crippen LogP contribution in [0.25, 0.3) is 0 Å². The maximum absolute atomic E-state index is 10.6. The van der Waals surface area contributed by atoms with Crippen LogP contribution in [0.5, 0.6) is 0 Å². The number of ether oxygens (including phenoxy) is 2. The molecule has 2 heterocycles. The third-order valence-corrected chi connectivity index (χ3v) is 7.63. The van der Waals surface area contributed by atoms with Gasteiger partial charge in [-0.1, -0.05) is 103 Å². The summed E-state index contributed by atoms with van der Waals surface area (Å²) in [6.07, 6.45) is 4.13. The van der Waals surface area contributed by atoms with Crippen molar-refractivity contribution in [2.45, 2.75) is 72.7 Å². The first-order valence-corrected chi connectivity index (χ1v) is 12.6. The molecule has 2 atom stereocenters. The first kappa shape index (κ1) is 27.5. The van der Waals surface area contributed by atoms with E-state index < -0.39 is 5.79 Å². The van der Waals surface area contributed by atoms with Crippen LogP contribution >= 0.6 is 31.9 Å². The smallest absolute Gasteiger partial charge is 0.193 e. The second-order valence-corrected chi connectivity index (χ2v) is 11.9. The molecule has 0 aliphatic carbocycles. The van der Waals surface area contributed by atoms with E-state index >= 15 is 0 Å². The molecule has 1 N–H and O–H groups in total. The standard InChI is InChI=1S/C13H17BrO2.C13H17BrO.CH4/c1-12(2)7-8-16-13(15,9-12)10-5-3-4-6-11(10)14;1-13(2)7-8-15-12(9-13)10-5-3-4-6-11(10)14;/h3-6,15H,7-9H2,1-2H3;3-6,12H,7-9H2,1-2H3;1H4. The molecule has 2 fully saturated rings. The second kappa shape index (κ2) is 11.1. The topological polar surface area (TPSA) is 38.7 Å². The molecule has 0 bridgehead atoms. The minimum atomic E-state index is -1.15. The van der Waals surface area contributed by atoms with E-state index in [9.17, 15) is 5.11 Å². The highest BCUT2D eigenvalue weighted by atomic mass is 79.9. The number of rotatable bonds is 2. The van der Waals surface area contributed by atoms with Gasteiger partial charge in [-0.2, -0.15) is 0 Å². The first-order valence-electron chi connectivity index (χ1n) is 11.0. The average molecular weight is 570 g/mol. The van der Waals surface area contributed by atoms with E-state index in [4.69, 9.17) is 9.47 Å². The Labute approximate surface area is 211 Å².